The Hall–Kier alpha value is -0.744. The van der Waals surface area contributed by atoms with Crippen molar-refractivity contribution in [2.24, 2.45) is 0 Å². The van der Waals surface area contributed by atoms with Crippen LogP contribution in [0.5, 0.6) is 11.5 Å². The maximum absolute atomic E-state index is 12.2. The molecular weight excluding hydrogens is 359 g/mol. The smallest absolute Gasteiger partial charge is 0.748 e. The second-order valence-electron chi connectivity index (χ2n) is 4.84. The molecule has 122 valence electrons. The van der Waals surface area contributed by atoms with E-state index in [1.54, 1.807) is 30.3 Å². The number of carbonyl (C=O) groups excluding carboxylic acids is 1. The summed E-state index contributed by atoms with van der Waals surface area (Å²) in [5, 5.41) is 9.96. The van der Waals surface area contributed by atoms with Crippen LogP contribution in [-0.4, -0.2) is 36.2 Å². The Balaban J connectivity index is 0.00000288. The Kier molecular flexibility index (Phi) is 8.58. The molecule has 0 saturated carbocycles. The minimum Gasteiger partial charge on any atom is -0.748 e. The third-order valence-corrected chi connectivity index (χ3v) is 3.85. The molecule has 0 bridgehead atoms. The zero-order valence-electron chi connectivity index (χ0n) is 13.1. The van der Waals surface area contributed by atoms with Crippen LogP contribution in [0.1, 0.15) is 22.3 Å². The summed E-state index contributed by atoms with van der Waals surface area (Å²) in [7, 11) is -4.26. The predicted molar refractivity (Wildman–Crippen MR) is 82.7 cm³/mol. The molecule has 0 aliphatic heterocycles. The van der Waals surface area contributed by atoms with Crippen LogP contribution in [0, 0.1) is 0 Å². The number of phenolic OH excluding ortho intramolecular Hbond substituents is 1. The fraction of sp³-hybridized carbons (Fsp3) is 0.188. The molecule has 0 aliphatic carbocycles. The van der Waals surface area contributed by atoms with Crippen LogP contribution in [0.3, 0.4) is 0 Å². The Morgan fingerprint density at radius 1 is 1.12 bits per heavy atom. The van der Waals surface area contributed by atoms with E-state index in [0.29, 0.717) is 5.56 Å². The van der Waals surface area contributed by atoms with Crippen molar-refractivity contribution in [1.29, 1.82) is 0 Å². The first-order chi connectivity index (χ1) is 10.9. The summed E-state index contributed by atoms with van der Waals surface area (Å²) >= 11 is 0. The third-order valence-electron chi connectivity index (χ3n) is 3.06. The fourth-order valence-corrected chi connectivity index (χ4v) is 2.44. The number of rotatable bonds is 7. The zero-order chi connectivity index (χ0) is 16.9. The van der Waals surface area contributed by atoms with Crippen LogP contribution in [0.15, 0.2) is 48.5 Å². The molecule has 1 N–H and O–H groups in total. The number of benzene rings is 2. The van der Waals surface area contributed by atoms with Gasteiger partial charge in [0.2, 0.25) is 0 Å². The van der Waals surface area contributed by atoms with Crippen LogP contribution >= 0.6 is 0 Å². The quantitative estimate of drug-likeness (QED) is 0.287. The molecule has 24 heavy (non-hydrogen) atoms. The van der Waals surface area contributed by atoms with Crippen LogP contribution in [0.4, 0.5) is 0 Å². The average molecular weight is 374 g/mol. The minimum absolute atomic E-state index is 0. The van der Waals surface area contributed by atoms with Crippen LogP contribution in [0.25, 0.3) is 0 Å². The molecule has 2 rings (SSSR count). The molecule has 0 atom stereocenters. The Morgan fingerprint density at radius 3 is 2.38 bits per heavy atom. The van der Waals surface area contributed by atoms with Gasteiger partial charge in [-0.1, -0.05) is 30.3 Å². The number of ketones is 1. The third kappa shape index (κ3) is 6.64. The predicted octanol–water partition coefficient (Wildman–Crippen LogP) is -1.06. The van der Waals surface area contributed by atoms with Gasteiger partial charge in [0.25, 0.3) is 0 Å². The molecule has 0 aromatic heterocycles. The van der Waals surface area contributed by atoms with Crippen molar-refractivity contribution < 1.29 is 79.0 Å². The first-order valence-corrected chi connectivity index (χ1v) is 8.44. The fourth-order valence-electron chi connectivity index (χ4n) is 1.96. The molecule has 0 unspecified atom stereocenters. The summed E-state index contributed by atoms with van der Waals surface area (Å²) in [6.45, 7) is 0.0207. The molecule has 0 amide bonds. The monoisotopic (exact) mass is 374 g/mol. The zero-order valence-corrected chi connectivity index (χ0v) is 17.1. The number of aromatic hydroxyl groups is 1. The van der Waals surface area contributed by atoms with E-state index < -0.39 is 15.9 Å². The van der Waals surface area contributed by atoms with Crippen molar-refractivity contribution in [3.63, 3.8) is 0 Å². The van der Waals surface area contributed by atoms with E-state index >= 15 is 0 Å². The maximum Gasteiger partial charge on any atom is 1.00 e. The van der Waals surface area contributed by atoms with Gasteiger partial charge in [-0.05, 0) is 18.6 Å². The van der Waals surface area contributed by atoms with Crippen LogP contribution in [-0.2, 0) is 10.1 Å². The van der Waals surface area contributed by atoms with Gasteiger partial charge in [0.05, 0.1) is 22.3 Å². The topological polar surface area (TPSA) is 104 Å². The van der Waals surface area contributed by atoms with Gasteiger partial charge in [-0.2, -0.15) is 0 Å². The normalized spacial score (nSPS) is 10.7. The molecule has 0 heterocycles. The molecule has 0 fully saturated rings. The standard InChI is InChI=1S/C16H16O6S.K/c17-15-11-13(22-9-4-10-23(19,20)21)7-8-14(15)16(18)12-5-2-1-3-6-12;/h1-3,5-8,11,17H,4,9-10H2,(H,19,20,21);/q;+1/p-1. The average Bonchev–Trinajstić information content (AvgIpc) is 2.51. The van der Waals surface area contributed by atoms with Gasteiger partial charge in [0.1, 0.15) is 11.5 Å². The summed E-state index contributed by atoms with van der Waals surface area (Å²) in [4.78, 5) is 12.2. The summed E-state index contributed by atoms with van der Waals surface area (Å²) in [5.41, 5.74) is 0.600. The molecule has 0 spiro atoms. The van der Waals surface area contributed by atoms with E-state index in [1.807, 2.05) is 0 Å². The van der Waals surface area contributed by atoms with Crippen LogP contribution in [0.2, 0.25) is 0 Å². The van der Waals surface area contributed by atoms with E-state index in [0.717, 1.165) is 0 Å². The van der Waals surface area contributed by atoms with Crippen molar-refractivity contribution in [2.75, 3.05) is 12.4 Å². The van der Waals surface area contributed by atoms with Gasteiger partial charge < -0.3 is 14.4 Å². The first kappa shape index (κ1) is 21.3. The molecule has 8 heteroatoms. The second-order valence-corrected chi connectivity index (χ2v) is 6.36. The molecule has 2 aromatic carbocycles. The molecule has 0 saturated heterocycles. The van der Waals surface area contributed by atoms with Crippen molar-refractivity contribution >= 4 is 15.9 Å². The van der Waals surface area contributed by atoms with Gasteiger partial charge in [-0.25, -0.2) is 8.42 Å². The van der Waals surface area contributed by atoms with E-state index in [4.69, 9.17) is 4.74 Å². The van der Waals surface area contributed by atoms with Crippen molar-refractivity contribution in [3.05, 3.63) is 59.7 Å². The number of ether oxygens (including phenoxy) is 1. The van der Waals surface area contributed by atoms with Crippen molar-refractivity contribution in [3.8, 4) is 11.5 Å². The second kappa shape index (κ2) is 9.66. The first-order valence-electron chi connectivity index (χ1n) is 6.86. The number of hydrogen-bond acceptors (Lipinski definition) is 6. The van der Waals surface area contributed by atoms with Crippen molar-refractivity contribution in [1.82, 2.24) is 0 Å². The van der Waals surface area contributed by atoms with E-state index in [-0.39, 0.29) is 87.3 Å². The number of hydrogen-bond donors (Lipinski definition) is 1. The van der Waals surface area contributed by atoms with Gasteiger partial charge in [0.15, 0.2) is 5.78 Å². The maximum atomic E-state index is 12.2. The summed E-state index contributed by atoms with van der Waals surface area (Å²) in [5.74, 6) is -0.765. The SMILES string of the molecule is O=C(c1ccccc1)c1ccc(OCCCS(=O)(=O)[O-])cc1O.[K+]. The summed E-state index contributed by atoms with van der Waals surface area (Å²) in [6.07, 6.45) is 0.0529. The Morgan fingerprint density at radius 2 is 1.79 bits per heavy atom. The largest absolute Gasteiger partial charge is 1.00 e. The summed E-state index contributed by atoms with van der Waals surface area (Å²) in [6, 6.07) is 12.8. The van der Waals surface area contributed by atoms with Gasteiger partial charge in [-0.15, -0.1) is 0 Å². The molecule has 2 aromatic rings. The summed E-state index contributed by atoms with van der Waals surface area (Å²) < 4.78 is 36.6. The van der Waals surface area contributed by atoms with E-state index in [1.165, 1.54) is 18.2 Å². The number of phenols is 1. The van der Waals surface area contributed by atoms with Gasteiger partial charge in [-0.3, -0.25) is 4.79 Å². The van der Waals surface area contributed by atoms with E-state index in [9.17, 15) is 22.9 Å². The molecule has 6 nitrogen and oxygen atoms in total. The van der Waals surface area contributed by atoms with Gasteiger partial charge >= 0.3 is 51.4 Å². The van der Waals surface area contributed by atoms with E-state index in [2.05, 4.69) is 0 Å². The number of carbonyl (C=O) groups is 1. The molecule has 0 aliphatic rings. The Labute approximate surface area is 183 Å². The van der Waals surface area contributed by atoms with Crippen LogP contribution < -0.4 is 56.1 Å². The molecular formula is C16H15KO6S. The van der Waals surface area contributed by atoms with Gasteiger partial charge in [0, 0.05) is 17.4 Å². The Bertz CT molecular complexity index is 789. The minimum atomic E-state index is -4.26. The molecule has 0 radical (unpaired) electrons. The van der Waals surface area contributed by atoms with Crippen molar-refractivity contribution in [2.45, 2.75) is 6.42 Å².